The standard InChI is InChI=1S/C13H17ClN2O/c1-10(16-8-2-3-9-16)13(17)15-12-6-4-11(14)5-7-12/h4-7,10H,2-3,8-9H2,1H3,(H,15,17)/t10-/m1/s1. The Balaban J connectivity index is 1.93. The second kappa shape index (κ2) is 5.52. The van der Waals surface area contributed by atoms with Gasteiger partial charge in [0.1, 0.15) is 0 Å². The molecule has 17 heavy (non-hydrogen) atoms. The second-order valence-electron chi connectivity index (χ2n) is 4.42. The van der Waals surface area contributed by atoms with Gasteiger partial charge in [-0.2, -0.15) is 0 Å². The Morgan fingerprint density at radius 1 is 1.29 bits per heavy atom. The van der Waals surface area contributed by atoms with E-state index in [-0.39, 0.29) is 11.9 Å². The van der Waals surface area contributed by atoms with Gasteiger partial charge in [0.05, 0.1) is 6.04 Å². The van der Waals surface area contributed by atoms with E-state index in [1.165, 1.54) is 12.8 Å². The van der Waals surface area contributed by atoms with Crippen molar-refractivity contribution in [1.82, 2.24) is 4.90 Å². The molecular formula is C13H17ClN2O. The second-order valence-corrected chi connectivity index (χ2v) is 4.85. The lowest BCUT2D eigenvalue weighted by Gasteiger charge is -2.22. The molecule has 3 nitrogen and oxygen atoms in total. The zero-order valence-corrected chi connectivity index (χ0v) is 10.7. The van der Waals surface area contributed by atoms with E-state index < -0.39 is 0 Å². The Bertz CT molecular complexity index is 385. The summed E-state index contributed by atoms with van der Waals surface area (Å²) in [6.45, 7) is 4.00. The summed E-state index contributed by atoms with van der Waals surface area (Å²) in [5.41, 5.74) is 0.797. The molecule has 1 aliphatic heterocycles. The third-order valence-corrected chi connectivity index (χ3v) is 3.43. The Labute approximate surface area is 107 Å². The van der Waals surface area contributed by atoms with Crippen molar-refractivity contribution >= 4 is 23.2 Å². The van der Waals surface area contributed by atoms with Gasteiger partial charge in [0, 0.05) is 10.7 Å². The molecule has 1 saturated heterocycles. The minimum atomic E-state index is -0.0619. The first kappa shape index (κ1) is 12.4. The highest BCUT2D eigenvalue weighted by molar-refractivity contribution is 6.30. The monoisotopic (exact) mass is 252 g/mol. The van der Waals surface area contributed by atoms with Crippen LogP contribution in [0.4, 0.5) is 5.69 Å². The Kier molecular flexibility index (Phi) is 4.02. The van der Waals surface area contributed by atoms with E-state index in [0.29, 0.717) is 5.02 Å². The van der Waals surface area contributed by atoms with E-state index in [1.54, 1.807) is 12.1 Å². The van der Waals surface area contributed by atoms with Gasteiger partial charge in [0.15, 0.2) is 0 Å². The lowest BCUT2D eigenvalue weighted by Crippen LogP contribution is -2.40. The maximum atomic E-state index is 12.0. The molecule has 0 spiro atoms. The Morgan fingerprint density at radius 2 is 1.88 bits per heavy atom. The summed E-state index contributed by atoms with van der Waals surface area (Å²) in [6, 6.07) is 7.12. The average molecular weight is 253 g/mol. The lowest BCUT2D eigenvalue weighted by molar-refractivity contribution is -0.120. The average Bonchev–Trinajstić information content (AvgIpc) is 2.84. The van der Waals surface area contributed by atoms with Gasteiger partial charge in [-0.25, -0.2) is 0 Å². The van der Waals surface area contributed by atoms with Crippen molar-refractivity contribution in [3.63, 3.8) is 0 Å². The highest BCUT2D eigenvalue weighted by Crippen LogP contribution is 2.16. The third kappa shape index (κ3) is 3.20. The van der Waals surface area contributed by atoms with Gasteiger partial charge >= 0.3 is 0 Å². The molecule has 1 N–H and O–H groups in total. The summed E-state index contributed by atoms with van der Waals surface area (Å²) in [6.07, 6.45) is 2.39. The number of carbonyl (C=O) groups excluding carboxylic acids is 1. The summed E-state index contributed by atoms with van der Waals surface area (Å²) >= 11 is 5.79. The van der Waals surface area contributed by atoms with Gasteiger partial charge in [-0.3, -0.25) is 9.69 Å². The van der Waals surface area contributed by atoms with Crippen LogP contribution in [-0.4, -0.2) is 29.9 Å². The number of likely N-dealkylation sites (tertiary alicyclic amines) is 1. The van der Waals surface area contributed by atoms with Gasteiger partial charge in [-0.15, -0.1) is 0 Å². The van der Waals surface area contributed by atoms with E-state index >= 15 is 0 Å². The van der Waals surface area contributed by atoms with Crippen molar-refractivity contribution in [2.75, 3.05) is 18.4 Å². The highest BCUT2D eigenvalue weighted by atomic mass is 35.5. The fraction of sp³-hybridized carbons (Fsp3) is 0.462. The number of carbonyl (C=O) groups is 1. The normalized spacial score (nSPS) is 18.0. The fourth-order valence-corrected chi connectivity index (χ4v) is 2.20. The molecule has 0 bridgehead atoms. The number of nitrogens with one attached hydrogen (secondary N) is 1. The molecule has 2 rings (SSSR count). The van der Waals surface area contributed by atoms with Crippen molar-refractivity contribution in [2.45, 2.75) is 25.8 Å². The zero-order valence-electron chi connectivity index (χ0n) is 9.95. The van der Waals surface area contributed by atoms with Crippen LogP contribution in [-0.2, 0) is 4.79 Å². The molecule has 1 aromatic carbocycles. The highest BCUT2D eigenvalue weighted by Gasteiger charge is 2.23. The molecule has 92 valence electrons. The number of rotatable bonds is 3. The molecule has 4 heteroatoms. The van der Waals surface area contributed by atoms with Gasteiger partial charge in [0.25, 0.3) is 0 Å². The molecule has 1 amide bonds. The molecule has 1 heterocycles. The molecule has 0 unspecified atom stereocenters. The zero-order chi connectivity index (χ0) is 12.3. The molecule has 0 radical (unpaired) electrons. The summed E-state index contributed by atoms with van der Waals surface area (Å²) in [7, 11) is 0. The van der Waals surface area contributed by atoms with Gasteiger partial charge < -0.3 is 5.32 Å². The van der Waals surface area contributed by atoms with Crippen molar-refractivity contribution in [1.29, 1.82) is 0 Å². The molecule has 0 aromatic heterocycles. The van der Waals surface area contributed by atoms with E-state index in [1.807, 2.05) is 19.1 Å². The van der Waals surface area contributed by atoms with Gasteiger partial charge in [-0.05, 0) is 57.1 Å². The van der Waals surface area contributed by atoms with Gasteiger partial charge in [0.2, 0.25) is 5.91 Å². The number of amides is 1. The molecule has 0 aliphatic carbocycles. The van der Waals surface area contributed by atoms with Crippen LogP contribution >= 0.6 is 11.6 Å². The van der Waals surface area contributed by atoms with E-state index in [4.69, 9.17) is 11.6 Å². The van der Waals surface area contributed by atoms with Crippen LogP contribution in [0.15, 0.2) is 24.3 Å². The molecule has 1 fully saturated rings. The smallest absolute Gasteiger partial charge is 0.241 e. The van der Waals surface area contributed by atoms with Crippen LogP contribution in [0.3, 0.4) is 0 Å². The van der Waals surface area contributed by atoms with Crippen LogP contribution in [0.5, 0.6) is 0 Å². The maximum Gasteiger partial charge on any atom is 0.241 e. The van der Waals surface area contributed by atoms with Crippen molar-refractivity contribution in [3.05, 3.63) is 29.3 Å². The minimum absolute atomic E-state index is 0.0502. The third-order valence-electron chi connectivity index (χ3n) is 3.18. The quantitative estimate of drug-likeness (QED) is 0.897. The number of hydrogen-bond donors (Lipinski definition) is 1. The SMILES string of the molecule is C[C@H](C(=O)Nc1ccc(Cl)cc1)N1CCCC1. The van der Waals surface area contributed by atoms with Crippen LogP contribution < -0.4 is 5.32 Å². The number of benzene rings is 1. The molecule has 1 aliphatic rings. The number of halogens is 1. The Hall–Kier alpha value is -1.06. The maximum absolute atomic E-state index is 12.0. The summed E-state index contributed by atoms with van der Waals surface area (Å²) in [5, 5.41) is 3.58. The summed E-state index contributed by atoms with van der Waals surface area (Å²) in [4.78, 5) is 14.2. The topological polar surface area (TPSA) is 32.3 Å². The first-order valence-electron chi connectivity index (χ1n) is 5.97. The van der Waals surface area contributed by atoms with Crippen LogP contribution in [0.25, 0.3) is 0 Å². The molecule has 1 aromatic rings. The van der Waals surface area contributed by atoms with E-state index in [0.717, 1.165) is 18.8 Å². The van der Waals surface area contributed by atoms with E-state index in [9.17, 15) is 4.79 Å². The minimum Gasteiger partial charge on any atom is -0.325 e. The largest absolute Gasteiger partial charge is 0.325 e. The van der Waals surface area contributed by atoms with Gasteiger partial charge in [-0.1, -0.05) is 11.6 Å². The van der Waals surface area contributed by atoms with Crippen molar-refractivity contribution in [3.8, 4) is 0 Å². The predicted octanol–water partition coefficient (Wildman–Crippen LogP) is 2.76. The first-order valence-corrected chi connectivity index (χ1v) is 6.35. The van der Waals surface area contributed by atoms with Crippen LogP contribution in [0.2, 0.25) is 5.02 Å². The molecule has 1 atom stereocenters. The number of nitrogens with zero attached hydrogens (tertiary/aromatic N) is 1. The first-order chi connectivity index (χ1) is 8.16. The summed E-state index contributed by atoms with van der Waals surface area (Å²) < 4.78 is 0. The van der Waals surface area contributed by atoms with E-state index in [2.05, 4.69) is 10.2 Å². The predicted molar refractivity (Wildman–Crippen MR) is 70.4 cm³/mol. The Morgan fingerprint density at radius 3 is 2.47 bits per heavy atom. The van der Waals surface area contributed by atoms with Crippen molar-refractivity contribution in [2.24, 2.45) is 0 Å². The van der Waals surface area contributed by atoms with Crippen LogP contribution in [0, 0.1) is 0 Å². The molecular weight excluding hydrogens is 236 g/mol. The number of anilines is 1. The van der Waals surface area contributed by atoms with Crippen LogP contribution in [0.1, 0.15) is 19.8 Å². The summed E-state index contributed by atoms with van der Waals surface area (Å²) in [5.74, 6) is 0.0502. The number of hydrogen-bond acceptors (Lipinski definition) is 2. The lowest BCUT2D eigenvalue weighted by atomic mass is 10.2. The molecule has 0 saturated carbocycles. The van der Waals surface area contributed by atoms with Crippen molar-refractivity contribution < 1.29 is 4.79 Å². The fourth-order valence-electron chi connectivity index (χ4n) is 2.07.